The van der Waals surface area contributed by atoms with E-state index in [2.05, 4.69) is 178 Å². The highest BCUT2D eigenvalue weighted by molar-refractivity contribution is 6.30. The fourth-order valence-electron chi connectivity index (χ4n) is 13.6. The number of rotatable bonds is 7. The van der Waals surface area contributed by atoms with Crippen molar-refractivity contribution in [2.24, 2.45) is 0 Å². The summed E-state index contributed by atoms with van der Waals surface area (Å²) in [6.45, 7) is 23.3. The van der Waals surface area contributed by atoms with Gasteiger partial charge in [-0.2, -0.15) is 0 Å². The Morgan fingerprint density at radius 3 is 1.45 bits per heavy atom. The van der Waals surface area contributed by atoms with Gasteiger partial charge < -0.3 is 23.2 Å². The number of ether oxygens (including phenoxy) is 2. The Balaban J connectivity index is 0.908. The van der Waals surface area contributed by atoms with Crippen molar-refractivity contribution >= 4 is 70.7 Å². The first-order chi connectivity index (χ1) is 39.7. The number of anilines is 1. The molecule has 10 aromatic carbocycles. The Hall–Kier alpha value is -8.94. The molecule has 2 aliphatic rings. The summed E-state index contributed by atoms with van der Waals surface area (Å²) in [5.74, 6) is 1.14. The maximum absolute atomic E-state index is 14.3. The second-order valence-electron chi connectivity index (χ2n) is 26.3. The fourth-order valence-corrected chi connectivity index (χ4v) is 13.6. The average Bonchev–Trinajstić information content (AvgIpc) is 2.00. The van der Waals surface area contributed by atoms with Gasteiger partial charge in [0.25, 0.3) is 0 Å². The molecule has 0 spiro atoms. The molecule has 12 aromatic rings. The molecule has 0 saturated carbocycles. The smallest absolute Gasteiger partial charge is 0.344 e. The lowest BCUT2D eigenvalue weighted by atomic mass is 9.69. The quantitative estimate of drug-likeness (QED) is 0.116. The third-order valence-electron chi connectivity index (χ3n) is 17.4. The molecule has 0 bridgehead atoms. The van der Waals surface area contributed by atoms with E-state index in [0.29, 0.717) is 33.6 Å². The van der Waals surface area contributed by atoms with Gasteiger partial charge in [-0.1, -0.05) is 167 Å². The number of benzene rings is 10. The highest BCUT2D eigenvalue weighted by atomic mass is 16.5. The summed E-state index contributed by atoms with van der Waals surface area (Å²) < 4.78 is 25.4. The Kier molecular flexibility index (Phi) is 11.8. The Morgan fingerprint density at radius 2 is 0.904 bits per heavy atom. The number of hydrogen-bond donors (Lipinski definition) is 0. The van der Waals surface area contributed by atoms with E-state index in [9.17, 15) is 9.59 Å². The molecule has 14 rings (SSSR count). The van der Waals surface area contributed by atoms with Gasteiger partial charge in [-0.15, -0.1) is 0 Å². The summed E-state index contributed by atoms with van der Waals surface area (Å²) in [6.07, 6.45) is 2.09. The van der Waals surface area contributed by atoms with Crippen LogP contribution in [0.3, 0.4) is 0 Å². The zero-order valence-electron chi connectivity index (χ0n) is 49.0. The second kappa shape index (κ2) is 18.8. The molecule has 0 fully saturated rings. The summed E-state index contributed by atoms with van der Waals surface area (Å²) >= 11 is 0. The van der Waals surface area contributed by atoms with E-state index in [1.165, 1.54) is 16.8 Å². The number of fused-ring (bicyclic) bond motifs is 7. The normalized spacial score (nSPS) is 14.9. The van der Waals surface area contributed by atoms with Crippen LogP contribution in [0.5, 0.6) is 11.5 Å². The van der Waals surface area contributed by atoms with Gasteiger partial charge in [0.15, 0.2) is 0 Å². The standard InChI is InChI=1S/C76H67NO6/c1-73(2,3)82-49-41-62-60(63(42-49)83-74(4,5)6)43-59(71(78)80-62)46-20-19-21-47(38-46)65-52-24-13-17-28-56(52)67(57-29-18-14-25-53(57)65)66-54-26-15-11-22-50(54)64(51-23-12-16-27-55(51)66)45-32-30-44(31-33-45)58-39-48-40-61-69-68(70(48)81-72(58)79)76(9,10)35-37-77(69)36-34-75(61,7)8/h11-33,38-43H,34-37H2,1-10H3. The Bertz CT molecular complexity index is 4700. The summed E-state index contributed by atoms with van der Waals surface area (Å²) in [4.78, 5) is 31.0. The van der Waals surface area contributed by atoms with Crippen molar-refractivity contribution in [1.82, 2.24) is 0 Å². The largest absolute Gasteiger partial charge is 0.488 e. The minimum atomic E-state index is -0.526. The van der Waals surface area contributed by atoms with Crippen molar-refractivity contribution in [3.8, 4) is 67.1 Å². The first-order valence-electron chi connectivity index (χ1n) is 29.2. The van der Waals surface area contributed by atoms with Gasteiger partial charge in [0.2, 0.25) is 0 Å². The summed E-state index contributed by atoms with van der Waals surface area (Å²) in [6, 6.07) is 61.7. The van der Waals surface area contributed by atoms with Crippen LogP contribution >= 0.6 is 0 Å². The predicted molar refractivity (Wildman–Crippen MR) is 344 cm³/mol. The van der Waals surface area contributed by atoms with Crippen LogP contribution in [0.2, 0.25) is 0 Å². The minimum absolute atomic E-state index is 0.00216. The van der Waals surface area contributed by atoms with E-state index in [1.807, 2.05) is 65.8 Å². The van der Waals surface area contributed by atoms with E-state index < -0.39 is 16.8 Å². The molecule has 2 aliphatic heterocycles. The fraction of sp³-hybridized carbons (Fsp3) is 0.237. The van der Waals surface area contributed by atoms with Crippen molar-refractivity contribution in [3.05, 3.63) is 208 Å². The van der Waals surface area contributed by atoms with Gasteiger partial charge in [-0.3, -0.25) is 0 Å². The molecular weight excluding hydrogens is 1020 g/mol. The van der Waals surface area contributed by atoms with Gasteiger partial charge >= 0.3 is 11.3 Å². The molecule has 0 atom stereocenters. The van der Waals surface area contributed by atoms with Crippen molar-refractivity contribution in [2.45, 2.75) is 104 Å². The maximum Gasteiger partial charge on any atom is 0.344 e. The molecule has 0 aliphatic carbocycles. The zero-order chi connectivity index (χ0) is 57.5. The summed E-state index contributed by atoms with van der Waals surface area (Å²) in [5, 5.41) is 10.6. The van der Waals surface area contributed by atoms with Crippen LogP contribution in [0.15, 0.2) is 194 Å². The van der Waals surface area contributed by atoms with Crippen LogP contribution in [-0.2, 0) is 10.8 Å². The molecule has 7 nitrogen and oxygen atoms in total. The van der Waals surface area contributed by atoms with Crippen molar-refractivity contribution < 1.29 is 18.3 Å². The number of nitrogens with zero attached hydrogens (tertiary/aromatic N) is 1. The molecule has 0 amide bonds. The monoisotopic (exact) mass is 1090 g/mol. The van der Waals surface area contributed by atoms with Gasteiger partial charge in [-0.05, 0) is 183 Å². The first kappa shape index (κ1) is 52.2. The van der Waals surface area contributed by atoms with Crippen LogP contribution in [0.25, 0.3) is 121 Å². The lowest BCUT2D eigenvalue weighted by Gasteiger charge is -2.48. The predicted octanol–water partition coefficient (Wildman–Crippen LogP) is 19.4. The van der Waals surface area contributed by atoms with E-state index >= 15 is 0 Å². The van der Waals surface area contributed by atoms with Crippen LogP contribution in [0, 0.1) is 0 Å². The number of hydrogen-bond acceptors (Lipinski definition) is 7. The van der Waals surface area contributed by atoms with Gasteiger partial charge in [-0.25, -0.2) is 9.59 Å². The van der Waals surface area contributed by atoms with Crippen molar-refractivity contribution in [3.63, 3.8) is 0 Å². The SMILES string of the molecule is CC(C)(C)Oc1cc(OC(C)(C)C)c2cc(-c3cccc(-c4c5ccccc5c(-c5c6ccccc6c(-c6ccc(-c7cc8cc9c%10c(c8oc7=O)C(C)(C)CCN%10CCC9(C)C)cc6)c6ccccc56)c5ccccc45)c3)c(=O)oc2c1. The van der Waals surface area contributed by atoms with E-state index in [-0.39, 0.29) is 16.5 Å². The second-order valence-corrected chi connectivity index (χ2v) is 26.3. The highest BCUT2D eigenvalue weighted by Crippen LogP contribution is 2.54. The molecule has 412 valence electrons. The van der Waals surface area contributed by atoms with E-state index in [4.69, 9.17) is 18.3 Å². The molecule has 0 saturated heterocycles. The molecule has 0 radical (unpaired) electrons. The molecule has 2 aromatic heterocycles. The van der Waals surface area contributed by atoms with Gasteiger partial charge in [0.1, 0.15) is 33.9 Å². The third-order valence-corrected chi connectivity index (χ3v) is 17.4. The van der Waals surface area contributed by atoms with Crippen LogP contribution in [0.4, 0.5) is 5.69 Å². The lowest BCUT2D eigenvalue weighted by Crippen LogP contribution is -2.44. The zero-order valence-corrected chi connectivity index (χ0v) is 49.0. The maximum atomic E-state index is 14.3. The average molecular weight is 1090 g/mol. The first-order valence-corrected chi connectivity index (χ1v) is 29.2. The van der Waals surface area contributed by atoms with Gasteiger partial charge in [0.05, 0.1) is 16.5 Å². The van der Waals surface area contributed by atoms with Crippen LogP contribution < -0.4 is 25.6 Å². The minimum Gasteiger partial charge on any atom is -0.488 e. The van der Waals surface area contributed by atoms with Crippen molar-refractivity contribution in [2.75, 3.05) is 18.0 Å². The Labute approximate surface area is 483 Å². The lowest BCUT2D eigenvalue weighted by molar-refractivity contribution is 0.122. The van der Waals surface area contributed by atoms with Crippen LogP contribution in [0.1, 0.15) is 93.2 Å². The van der Waals surface area contributed by atoms with Crippen LogP contribution in [-0.4, -0.2) is 24.3 Å². The summed E-state index contributed by atoms with van der Waals surface area (Å²) in [7, 11) is 0. The molecule has 7 heteroatoms. The van der Waals surface area contributed by atoms with E-state index in [1.54, 1.807) is 6.07 Å². The van der Waals surface area contributed by atoms with Crippen molar-refractivity contribution in [1.29, 1.82) is 0 Å². The summed E-state index contributed by atoms with van der Waals surface area (Å²) in [5.41, 5.74) is 12.1. The topological polar surface area (TPSA) is 82.1 Å². The molecule has 0 unspecified atom stereocenters. The highest BCUT2D eigenvalue weighted by Gasteiger charge is 2.42. The Morgan fingerprint density at radius 1 is 0.434 bits per heavy atom. The molecule has 4 heterocycles. The third kappa shape index (κ3) is 8.77. The van der Waals surface area contributed by atoms with E-state index in [0.717, 1.165) is 124 Å². The molecule has 0 N–H and O–H groups in total. The molecular formula is C76H67NO6. The molecule has 83 heavy (non-hydrogen) atoms. The van der Waals surface area contributed by atoms with Gasteiger partial charge in [0, 0.05) is 41.9 Å².